The van der Waals surface area contributed by atoms with Crippen molar-refractivity contribution in [1.29, 1.82) is 0 Å². The number of anilines is 1. The molecule has 1 aromatic rings. The van der Waals surface area contributed by atoms with Gasteiger partial charge in [-0.05, 0) is 19.4 Å². The minimum absolute atomic E-state index is 0.0353. The zero-order valence-corrected chi connectivity index (χ0v) is 18.9. The monoisotopic (exact) mass is 453 g/mol. The van der Waals surface area contributed by atoms with Gasteiger partial charge in [-0.3, -0.25) is 9.89 Å². The summed E-state index contributed by atoms with van der Waals surface area (Å²) in [7, 11) is 1.55. The van der Waals surface area contributed by atoms with Crippen LogP contribution in [-0.2, 0) is 9.47 Å². The second-order valence-electron chi connectivity index (χ2n) is 7.88. The Morgan fingerprint density at radius 1 is 1.31 bits per heavy atom. The van der Waals surface area contributed by atoms with Crippen LogP contribution in [0.25, 0.3) is 0 Å². The highest BCUT2D eigenvalue weighted by molar-refractivity contribution is 6.09. The van der Waals surface area contributed by atoms with Gasteiger partial charge in [-0.25, -0.2) is 18.8 Å². The number of amidine groups is 1. The van der Waals surface area contributed by atoms with Gasteiger partial charge in [0.1, 0.15) is 11.7 Å². The normalized spacial score (nSPS) is 23.6. The molecular formula is C21H33F2N7O2. The van der Waals surface area contributed by atoms with Crippen molar-refractivity contribution >= 4 is 17.6 Å². The lowest BCUT2D eigenvalue weighted by Crippen LogP contribution is -2.54. The van der Waals surface area contributed by atoms with Crippen molar-refractivity contribution in [2.45, 2.75) is 38.8 Å². The summed E-state index contributed by atoms with van der Waals surface area (Å²) < 4.78 is 38.5. The van der Waals surface area contributed by atoms with E-state index in [1.807, 2.05) is 6.92 Å². The van der Waals surface area contributed by atoms with Crippen molar-refractivity contribution in [3.8, 4) is 0 Å². The van der Waals surface area contributed by atoms with E-state index in [0.717, 1.165) is 13.0 Å². The molecule has 0 amide bonds. The van der Waals surface area contributed by atoms with Gasteiger partial charge in [-0.15, -0.1) is 0 Å². The third kappa shape index (κ3) is 5.90. The van der Waals surface area contributed by atoms with E-state index >= 15 is 0 Å². The number of rotatable bonds is 5. The fourth-order valence-corrected chi connectivity index (χ4v) is 3.87. The molecule has 0 bridgehead atoms. The molecule has 2 fully saturated rings. The first kappa shape index (κ1) is 24.3. The summed E-state index contributed by atoms with van der Waals surface area (Å²) >= 11 is 0. The molecule has 1 aromatic heterocycles. The summed E-state index contributed by atoms with van der Waals surface area (Å²) in [4.78, 5) is 17.4. The van der Waals surface area contributed by atoms with Crippen LogP contribution in [0.3, 0.4) is 0 Å². The Balaban J connectivity index is 1.89. The Morgan fingerprint density at radius 3 is 2.75 bits per heavy atom. The summed E-state index contributed by atoms with van der Waals surface area (Å²) in [5.74, 6) is 0.868. The first-order valence-corrected chi connectivity index (χ1v) is 10.9. The van der Waals surface area contributed by atoms with Crippen molar-refractivity contribution in [2.24, 2.45) is 9.98 Å². The predicted octanol–water partition coefficient (Wildman–Crippen LogP) is 1.71. The molecule has 3 rings (SSSR count). The molecule has 3 N–H and O–H groups in total. The molecule has 0 aromatic carbocycles. The van der Waals surface area contributed by atoms with Gasteiger partial charge in [-0.2, -0.15) is 0 Å². The Bertz CT molecular complexity index is 821. The number of alkyl halides is 2. The van der Waals surface area contributed by atoms with E-state index in [4.69, 9.17) is 20.2 Å². The Hall–Kier alpha value is -2.37. The van der Waals surface area contributed by atoms with E-state index in [1.165, 1.54) is 12.3 Å². The summed E-state index contributed by atoms with van der Waals surface area (Å²) in [5, 5.41) is 3.21. The zero-order valence-electron chi connectivity index (χ0n) is 18.9. The van der Waals surface area contributed by atoms with Crippen LogP contribution in [0.2, 0.25) is 0 Å². The number of aromatic nitrogens is 1. The van der Waals surface area contributed by atoms with Crippen LogP contribution in [-0.4, -0.2) is 91.9 Å². The van der Waals surface area contributed by atoms with Crippen LogP contribution >= 0.6 is 0 Å². The average Bonchev–Trinajstić information content (AvgIpc) is 2.80. The number of guanidine groups is 1. The van der Waals surface area contributed by atoms with Gasteiger partial charge in [0.25, 0.3) is 6.43 Å². The zero-order chi connectivity index (χ0) is 23.1. The van der Waals surface area contributed by atoms with E-state index in [1.54, 1.807) is 7.05 Å². The molecule has 2 aliphatic rings. The number of aliphatic imine (C=N–C) groups is 2. The molecule has 0 aliphatic carbocycles. The summed E-state index contributed by atoms with van der Waals surface area (Å²) in [6.45, 7) is 8.52. The maximum absolute atomic E-state index is 13.7. The number of pyridine rings is 1. The number of morpholine rings is 2. The molecule has 0 radical (unpaired) electrons. The highest BCUT2D eigenvalue weighted by Crippen LogP contribution is 2.24. The van der Waals surface area contributed by atoms with E-state index in [2.05, 4.69) is 32.0 Å². The molecule has 0 saturated carbocycles. The number of ether oxygens (including phenoxy) is 2. The van der Waals surface area contributed by atoms with Gasteiger partial charge in [0, 0.05) is 43.5 Å². The smallest absolute Gasteiger partial charge is 0.264 e. The SMILES string of the molecule is CC[C@@H]1COCCN1CN=C(NC(=NC)c1cnc(N)cc1C(F)F)N1CCOC[C@H]1C. The minimum Gasteiger partial charge on any atom is -0.384 e. The second-order valence-corrected chi connectivity index (χ2v) is 7.88. The highest BCUT2D eigenvalue weighted by atomic mass is 19.3. The minimum atomic E-state index is -2.71. The number of hydrogen-bond donors (Lipinski definition) is 2. The van der Waals surface area contributed by atoms with Crippen LogP contribution in [0.1, 0.15) is 37.8 Å². The predicted molar refractivity (Wildman–Crippen MR) is 120 cm³/mol. The van der Waals surface area contributed by atoms with Crippen LogP contribution in [0, 0.1) is 0 Å². The van der Waals surface area contributed by atoms with E-state index in [-0.39, 0.29) is 28.8 Å². The topological polar surface area (TPSA) is 101 Å². The summed E-state index contributed by atoms with van der Waals surface area (Å²) in [6.07, 6.45) is -0.431. The lowest BCUT2D eigenvalue weighted by atomic mass is 10.1. The van der Waals surface area contributed by atoms with Crippen LogP contribution < -0.4 is 11.1 Å². The van der Waals surface area contributed by atoms with Gasteiger partial charge in [0.15, 0.2) is 0 Å². The standard InChI is InChI=1S/C21H33F2N7O2/c1-4-15-12-32-7-5-29(15)13-27-21(30-6-8-31-11-14(30)2)28-20(25-3)17-10-26-18(24)9-16(17)19(22)23/h9-10,14-15,19H,4-8,11-13H2,1-3H3,(H2,24,26)(H,25,27,28)/t14-,15-/m1/s1. The average molecular weight is 454 g/mol. The number of halogens is 2. The molecule has 11 heteroatoms. The fraction of sp³-hybridized carbons (Fsp3) is 0.667. The third-order valence-corrected chi connectivity index (χ3v) is 5.76. The van der Waals surface area contributed by atoms with Crippen molar-refractivity contribution in [3.63, 3.8) is 0 Å². The number of nitrogens with zero attached hydrogens (tertiary/aromatic N) is 5. The molecular weight excluding hydrogens is 420 g/mol. The Kier molecular flexibility index (Phi) is 8.71. The Morgan fingerprint density at radius 2 is 2.06 bits per heavy atom. The number of nitrogen functional groups attached to an aromatic ring is 1. The molecule has 178 valence electrons. The molecule has 2 atom stereocenters. The van der Waals surface area contributed by atoms with E-state index in [0.29, 0.717) is 51.6 Å². The van der Waals surface area contributed by atoms with Crippen LogP contribution in [0.4, 0.5) is 14.6 Å². The molecule has 3 heterocycles. The van der Waals surface area contributed by atoms with Gasteiger partial charge in [0.05, 0.1) is 39.1 Å². The summed E-state index contributed by atoms with van der Waals surface area (Å²) in [5.41, 5.74) is 5.61. The highest BCUT2D eigenvalue weighted by Gasteiger charge is 2.27. The van der Waals surface area contributed by atoms with Gasteiger partial charge >= 0.3 is 0 Å². The molecule has 0 unspecified atom stereocenters. The van der Waals surface area contributed by atoms with Crippen molar-refractivity contribution in [2.75, 3.05) is 59.0 Å². The molecule has 32 heavy (non-hydrogen) atoms. The van der Waals surface area contributed by atoms with Crippen molar-refractivity contribution in [1.82, 2.24) is 20.1 Å². The lowest BCUT2D eigenvalue weighted by molar-refractivity contribution is -0.00753. The quantitative estimate of drug-likeness (QED) is 0.517. The first-order valence-electron chi connectivity index (χ1n) is 10.9. The number of hydrogen-bond acceptors (Lipinski definition) is 7. The van der Waals surface area contributed by atoms with E-state index < -0.39 is 6.43 Å². The van der Waals surface area contributed by atoms with Crippen molar-refractivity contribution in [3.05, 3.63) is 23.4 Å². The maximum Gasteiger partial charge on any atom is 0.264 e. The van der Waals surface area contributed by atoms with E-state index in [9.17, 15) is 8.78 Å². The van der Waals surface area contributed by atoms with Crippen LogP contribution in [0.5, 0.6) is 0 Å². The van der Waals surface area contributed by atoms with Gasteiger partial charge < -0.3 is 25.4 Å². The van der Waals surface area contributed by atoms with Crippen molar-refractivity contribution < 1.29 is 18.3 Å². The third-order valence-electron chi connectivity index (χ3n) is 5.76. The Labute approximate surface area is 187 Å². The van der Waals surface area contributed by atoms with Gasteiger partial charge in [-0.1, -0.05) is 6.92 Å². The molecule has 9 nitrogen and oxygen atoms in total. The second kappa shape index (κ2) is 11.5. The number of nitrogens with one attached hydrogen (secondary N) is 1. The molecule has 2 saturated heterocycles. The molecule has 0 spiro atoms. The number of nitrogens with two attached hydrogens (primary N) is 1. The van der Waals surface area contributed by atoms with Gasteiger partial charge in [0.2, 0.25) is 5.96 Å². The summed E-state index contributed by atoms with van der Waals surface area (Å²) in [6, 6.07) is 1.54. The fourth-order valence-electron chi connectivity index (χ4n) is 3.87. The molecule has 2 aliphatic heterocycles. The van der Waals surface area contributed by atoms with Crippen LogP contribution in [0.15, 0.2) is 22.2 Å². The maximum atomic E-state index is 13.7. The first-order chi connectivity index (χ1) is 15.4. The largest absolute Gasteiger partial charge is 0.384 e. The lowest BCUT2D eigenvalue weighted by Gasteiger charge is -2.37.